The highest BCUT2D eigenvalue weighted by molar-refractivity contribution is 5.93. The molecule has 2 aliphatic rings. The Morgan fingerprint density at radius 2 is 2.00 bits per heavy atom. The highest BCUT2D eigenvalue weighted by Gasteiger charge is 2.36. The number of amides is 1. The molecule has 1 amide bonds. The summed E-state index contributed by atoms with van der Waals surface area (Å²) in [5.74, 6) is 2.50. The summed E-state index contributed by atoms with van der Waals surface area (Å²) in [6.45, 7) is 4.40. The van der Waals surface area contributed by atoms with Gasteiger partial charge in [0.1, 0.15) is 5.82 Å². The van der Waals surface area contributed by atoms with Gasteiger partial charge in [0.05, 0.1) is 5.56 Å². The van der Waals surface area contributed by atoms with Crippen molar-refractivity contribution in [1.82, 2.24) is 15.2 Å². The van der Waals surface area contributed by atoms with Crippen LogP contribution in [0.4, 0.5) is 5.82 Å². The van der Waals surface area contributed by atoms with Crippen molar-refractivity contribution in [3.05, 3.63) is 23.9 Å². The molecule has 5 heteroatoms. The lowest BCUT2D eigenvalue weighted by Crippen LogP contribution is -2.26. The summed E-state index contributed by atoms with van der Waals surface area (Å²) in [4.78, 5) is 20.2. The summed E-state index contributed by atoms with van der Waals surface area (Å²) in [7, 11) is 3.51. The molecule has 0 radical (unpaired) electrons. The lowest BCUT2D eigenvalue weighted by molar-refractivity contribution is 0.0827. The van der Waals surface area contributed by atoms with Gasteiger partial charge >= 0.3 is 0 Å². The minimum Gasteiger partial charge on any atom is -0.356 e. The van der Waals surface area contributed by atoms with Crippen molar-refractivity contribution in [2.24, 2.45) is 11.8 Å². The number of hydrogen-bond acceptors (Lipinski definition) is 4. The second-order valence-corrected chi connectivity index (χ2v) is 5.69. The Morgan fingerprint density at radius 3 is 2.53 bits per heavy atom. The third-order valence-electron chi connectivity index (χ3n) is 4.11. The second-order valence-electron chi connectivity index (χ2n) is 5.69. The summed E-state index contributed by atoms with van der Waals surface area (Å²) >= 11 is 0. The minimum absolute atomic E-state index is 0.00143. The number of anilines is 1. The van der Waals surface area contributed by atoms with Crippen LogP contribution in [0.2, 0.25) is 0 Å². The summed E-state index contributed by atoms with van der Waals surface area (Å²) in [5, 5.41) is 3.44. The van der Waals surface area contributed by atoms with Gasteiger partial charge in [-0.2, -0.15) is 0 Å². The fourth-order valence-corrected chi connectivity index (χ4v) is 3.00. The predicted octanol–water partition coefficient (Wildman–Crippen LogP) is 0.439. The van der Waals surface area contributed by atoms with E-state index in [0.29, 0.717) is 5.56 Å². The van der Waals surface area contributed by atoms with Gasteiger partial charge in [0.2, 0.25) is 0 Å². The topological polar surface area (TPSA) is 48.5 Å². The third-order valence-corrected chi connectivity index (χ3v) is 4.11. The van der Waals surface area contributed by atoms with Crippen molar-refractivity contribution in [2.75, 3.05) is 45.2 Å². The van der Waals surface area contributed by atoms with Crippen LogP contribution in [0.3, 0.4) is 0 Å². The Hall–Kier alpha value is -1.62. The van der Waals surface area contributed by atoms with Gasteiger partial charge in [0, 0.05) is 46.5 Å². The smallest absolute Gasteiger partial charge is 0.254 e. The average molecular weight is 260 g/mol. The van der Waals surface area contributed by atoms with E-state index in [0.717, 1.165) is 43.8 Å². The molecule has 0 aromatic carbocycles. The first-order valence-corrected chi connectivity index (χ1v) is 6.78. The van der Waals surface area contributed by atoms with Crippen LogP contribution < -0.4 is 10.2 Å². The first kappa shape index (κ1) is 12.4. The van der Waals surface area contributed by atoms with Crippen molar-refractivity contribution in [1.29, 1.82) is 0 Å². The van der Waals surface area contributed by atoms with Crippen LogP contribution in [0.1, 0.15) is 10.4 Å². The van der Waals surface area contributed by atoms with Gasteiger partial charge < -0.3 is 15.1 Å². The number of carbonyl (C=O) groups is 1. The summed E-state index contributed by atoms with van der Waals surface area (Å²) in [6, 6.07) is 3.84. The molecule has 0 bridgehead atoms. The molecule has 0 spiro atoms. The molecule has 2 atom stereocenters. The van der Waals surface area contributed by atoms with Gasteiger partial charge in [-0.05, 0) is 24.0 Å². The monoisotopic (exact) mass is 260 g/mol. The average Bonchev–Trinajstić information content (AvgIpc) is 2.98. The molecule has 2 saturated heterocycles. The van der Waals surface area contributed by atoms with Crippen LogP contribution in [-0.2, 0) is 0 Å². The SMILES string of the molecule is CN(C)C(=O)c1ccc(N2C[C@H]3CNC[C@H]3C2)nc1. The number of hydrogen-bond donors (Lipinski definition) is 1. The number of carbonyl (C=O) groups excluding carboxylic acids is 1. The normalized spacial score (nSPS) is 25.5. The number of nitrogens with zero attached hydrogens (tertiary/aromatic N) is 3. The lowest BCUT2D eigenvalue weighted by atomic mass is 10.0. The number of aromatic nitrogens is 1. The molecular formula is C14H20N4O. The molecule has 2 aliphatic heterocycles. The first-order valence-electron chi connectivity index (χ1n) is 6.78. The van der Waals surface area contributed by atoms with Crippen LogP contribution in [0.15, 0.2) is 18.3 Å². The van der Waals surface area contributed by atoms with Crippen LogP contribution in [0, 0.1) is 11.8 Å². The van der Waals surface area contributed by atoms with Crippen molar-refractivity contribution in [3.8, 4) is 0 Å². The van der Waals surface area contributed by atoms with Crippen molar-refractivity contribution in [3.63, 3.8) is 0 Å². The lowest BCUT2D eigenvalue weighted by Gasteiger charge is -2.19. The Morgan fingerprint density at radius 1 is 1.32 bits per heavy atom. The summed E-state index contributed by atoms with van der Waals surface area (Å²) in [6.07, 6.45) is 1.68. The molecule has 0 unspecified atom stereocenters. The highest BCUT2D eigenvalue weighted by Crippen LogP contribution is 2.29. The molecule has 3 heterocycles. The van der Waals surface area contributed by atoms with Gasteiger partial charge in [-0.3, -0.25) is 4.79 Å². The maximum Gasteiger partial charge on any atom is 0.254 e. The van der Waals surface area contributed by atoms with Gasteiger partial charge in [0.15, 0.2) is 0 Å². The molecule has 3 rings (SSSR count). The molecule has 102 valence electrons. The van der Waals surface area contributed by atoms with E-state index in [4.69, 9.17) is 0 Å². The molecule has 0 aliphatic carbocycles. The first-order chi connectivity index (χ1) is 9.15. The highest BCUT2D eigenvalue weighted by atomic mass is 16.2. The van der Waals surface area contributed by atoms with E-state index in [2.05, 4.69) is 15.2 Å². The maximum absolute atomic E-state index is 11.8. The molecule has 0 saturated carbocycles. The number of fused-ring (bicyclic) bond motifs is 1. The molecular weight excluding hydrogens is 240 g/mol. The van der Waals surface area contributed by atoms with Crippen LogP contribution in [-0.4, -0.2) is 56.1 Å². The summed E-state index contributed by atoms with van der Waals surface area (Å²) in [5.41, 5.74) is 0.648. The van der Waals surface area contributed by atoms with Crippen LogP contribution >= 0.6 is 0 Å². The fraction of sp³-hybridized carbons (Fsp3) is 0.571. The standard InChI is InChI=1S/C14H20N4O/c1-17(2)14(19)10-3-4-13(16-7-10)18-8-11-5-15-6-12(11)9-18/h3-4,7,11-12,15H,5-6,8-9H2,1-2H3/t11-,12+. The zero-order valence-electron chi connectivity index (χ0n) is 11.5. The van der Waals surface area contributed by atoms with E-state index < -0.39 is 0 Å². The largest absolute Gasteiger partial charge is 0.356 e. The van der Waals surface area contributed by atoms with Crippen molar-refractivity contribution >= 4 is 11.7 Å². The Balaban J connectivity index is 1.71. The van der Waals surface area contributed by atoms with E-state index in [-0.39, 0.29) is 5.91 Å². The second kappa shape index (κ2) is 4.81. The Labute approximate surface area is 113 Å². The number of nitrogens with one attached hydrogen (secondary N) is 1. The van der Waals surface area contributed by atoms with Gasteiger partial charge in [-0.25, -0.2) is 4.98 Å². The predicted molar refractivity (Wildman–Crippen MR) is 74.3 cm³/mol. The zero-order chi connectivity index (χ0) is 13.4. The van der Waals surface area contributed by atoms with Crippen LogP contribution in [0.5, 0.6) is 0 Å². The van der Waals surface area contributed by atoms with Gasteiger partial charge in [-0.15, -0.1) is 0 Å². The number of rotatable bonds is 2. The number of pyridine rings is 1. The molecule has 1 aromatic heterocycles. The van der Waals surface area contributed by atoms with E-state index in [1.165, 1.54) is 0 Å². The fourth-order valence-electron chi connectivity index (χ4n) is 3.00. The Kier molecular flexibility index (Phi) is 3.14. The molecule has 2 fully saturated rings. The van der Waals surface area contributed by atoms with E-state index in [9.17, 15) is 4.79 Å². The maximum atomic E-state index is 11.8. The van der Waals surface area contributed by atoms with Gasteiger partial charge in [-0.1, -0.05) is 0 Å². The zero-order valence-corrected chi connectivity index (χ0v) is 11.5. The van der Waals surface area contributed by atoms with Gasteiger partial charge in [0.25, 0.3) is 5.91 Å². The van der Waals surface area contributed by atoms with Crippen molar-refractivity contribution < 1.29 is 4.79 Å². The minimum atomic E-state index is 0.00143. The van der Waals surface area contributed by atoms with E-state index >= 15 is 0 Å². The van der Waals surface area contributed by atoms with E-state index in [1.807, 2.05) is 12.1 Å². The Bertz CT molecular complexity index is 459. The molecule has 5 nitrogen and oxygen atoms in total. The third kappa shape index (κ3) is 2.30. The quantitative estimate of drug-likeness (QED) is 0.838. The molecule has 1 N–H and O–H groups in total. The molecule has 1 aromatic rings. The molecule has 19 heavy (non-hydrogen) atoms. The summed E-state index contributed by atoms with van der Waals surface area (Å²) < 4.78 is 0. The van der Waals surface area contributed by atoms with Crippen molar-refractivity contribution in [2.45, 2.75) is 0 Å². The van der Waals surface area contributed by atoms with E-state index in [1.54, 1.807) is 25.2 Å². The van der Waals surface area contributed by atoms with Crippen LogP contribution in [0.25, 0.3) is 0 Å².